The summed E-state index contributed by atoms with van der Waals surface area (Å²) in [6.45, 7) is 3.36. The van der Waals surface area contributed by atoms with E-state index in [1.54, 1.807) is 70.5 Å². The maximum atomic E-state index is 13.2. The average molecular weight is 461 g/mol. The van der Waals surface area contributed by atoms with Gasteiger partial charge in [-0.2, -0.15) is 5.26 Å². The molecule has 0 unspecified atom stereocenters. The highest BCUT2D eigenvalue weighted by Gasteiger charge is 2.27. The van der Waals surface area contributed by atoms with E-state index in [9.17, 15) is 18.5 Å². The minimum atomic E-state index is -3.74. The van der Waals surface area contributed by atoms with Crippen molar-refractivity contribution in [1.29, 1.82) is 5.26 Å². The molecule has 0 aliphatic carbocycles. The number of carbonyl (C=O) groups excluding carboxylic acids is 1. The van der Waals surface area contributed by atoms with Gasteiger partial charge in [-0.05, 0) is 55.3 Å². The lowest BCUT2D eigenvalue weighted by Crippen LogP contribution is -2.49. The van der Waals surface area contributed by atoms with Crippen LogP contribution in [0.25, 0.3) is 0 Å². The van der Waals surface area contributed by atoms with Crippen LogP contribution in [0.4, 0.5) is 16.2 Å². The summed E-state index contributed by atoms with van der Waals surface area (Å²) in [6.07, 6.45) is 0.764. The third-order valence-corrected chi connectivity index (χ3v) is 6.95. The number of urea groups is 1. The Kier molecular flexibility index (Phi) is 6.33. The molecule has 1 saturated heterocycles. The molecule has 0 aromatic heterocycles. The van der Waals surface area contributed by atoms with Gasteiger partial charge in [0, 0.05) is 25.3 Å². The molecule has 0 bridgehead atoms. The number of aryl methyl sites for hydroxylation is 1. The molecule has 3 aromatic rings. The molecular formula is C25H24N4O3S. The standard InChI is InChI=1S/C25H24N4O3S/c1-19-10-12-24(13-11-19)33(31,32)27-22-8-4-9-23(16-22)29-15-5-14-28(25(29)30)18-21-7-3-2-6-20(21)17-26/h2-4,6-13,16,27H,5,14-15,18H2,1H3. The van der Waals surface area contributed by atoms with E-state index in [2.05, 4.69) is 10.8 Å². The summed E-state index contributed by atoms with van der Waals surface area (Å²) < 4.78 is 28.1. The number of carbonyl (C=O) groups is 1. The van der Waals surface area contributed by atoms with Gasteiger partial charge < -0.3 is 4.90 Å². The van der Waals surface area contributed by atoms with Crippen LogP contribution in [0.15, 0.2) is 77.7 Å². The minimum absolute atomic E-state index is 0.174. The highest BCUT2D eigenvalue weighted by Crippen LogP contribution is 2.26. The molecule has 33 heavy (non-hydrogen) atoms. The van der Waals surface area contributed by atoms with Crippen LogP contribution in [0.3, 0.4) is 0 Å². The van der Waals surface area contributed by atoms with Gasteiger partial charge in [0.2, 0.25) is 0 Å². The lowest BCUT2D eigenvalue weighted by molar-refractivity contribution is 0.192. The van der Waals surface area contributed by atoms with Crippen molar-refractivity contribution < 1.29 is 13.2 Å². The number of rotatable bonds is 6. The van der Waals surface area contributed by atoms with Gasteiger partial charge >= 0.3 is 6.03 Å². The van der Waals surface area contributed by atoms with Crippen molar-refractivity contribution in [2.75, 3.05) is 22.7 Å². The normalized spacial score (nSPS) is 14.1. The molecule has 7 nitrogen and oxygen atoms in total. The van der Waals surface area contributed by atoms with Gasteiger partial charge in [-0.3, -0.25) is 9.62 Å². The maximum Gasteiger partial charge on any atom is 0.324 e. The van der Waals surface area contributed by atoms with E-state index in [-0.39, 0.29) is 10.9 Å². The maximum absolute atomic E-state index is 13.2. The van der Waals surface area contributed by atoms with Gasteiger partial charge in [-0.25, -0.2) is 13.2 Å². The first kappa shape index (κ1) is 22.4. The first-order valence-electron chi connectivity index (χ1n) is 10.6. The summed E-state index contributed by atoms with van der Waals surface area (Å²) in [5.41, 5.74) is 3.32. The molecule has 3 aromatic carbocycles. The zero-order valence-corrected chi connectivity index (χ0v) is 19.0. The summed E-state index contributed by atoms with van der Waals surface area (Å²) in [7, 11) is -3.74. The smallest absolute Gasteiger partial charge is 0.320 e. The first-order valence-corrected chi connectivity index (χ1v) is 12.1. The van der Waals surface area contributed by atoms with Gasteiger partial charge in [-0.15, -0.1) is 0 Å². The fourth-order valence-corrected chi connectivity index (χ4v) is 4.86. The monoisotopic (exact) mass is 460 g/mol. The summed E-state index contributed by atoms with van der Waals surface area (Å²) in [5, 5.41) is 9.34. The molecule has 1 N–H and O–H groups in total. The molecule has 1 heterocycles. The molecule has 0 atom stereocenters. The van der Waals surface area contributed by atoms with E-state index in [0.717, 1.165) is 17.5 Å². The van der Waals surface area contributed by atoms with Gasteiger partial charge in [0.25, 0.3) is 10.0 Å². The number of sulfonamides is 1. The van der Waals surface area contributed by atoms with Crippen molar-refractivity contribution in [2.24, 2.45) is 0 Å². The van der Waals surface area contributed by atoms with Crippen LogP contribution in [0.2, 0.25) is 0 Å². The highest BCUT2D eigenvalue weighted by atomic mass is 32.2. The van der Waals surface area contributed by atoms with E-state index in [4.69, 9.17) is 0 Å². The summed E-state index contributed by atoms with van der Waals surface area (Å²) in [4.78, 5) is 16.7. The van der Waals surface area contributed by atoms with Crippen molar-refractivity contribution in [3.63, 3.8) is 0 Å². The molecule has 1 fully saturated rings. The number of hydrogen-bond donors (Lipinski definition) is 1. The van der Waals surface area contributed by atoms with Crippen molar-refractivity contribution in [1.82, 2.24) is 4.90 Å². The number of nitrogens with one attached hydrogen (secondary N) is 1. The second-order valence-electron chi connectivity index (χ2n) is 7.95. The lowest BCUT2D eigenvalue weighted by Gasteiger charge is -2.36. The molecule has 1 aliphatic rings. The van der Waals surface area contributed by atoms with Crippen LogP contribution >= 0.6 is 0 Å². The Balaban J connectivity index is 1.53. The van der Waals surface area contributed by atoms with Crippen LogP contribution in [-0.4, -0.2) is 32.4 Å². The van der Waals surface area contributed by atoms with E-state index in [1.165, 1.54) is 0 Å². The second kappa shape index (κ2) is 9.35. The summed E-state index contributed by atoms with van der Waals surface area (Å²) in [6, 6.07) is 22.7. The van der Waals surface area contributed by atoms with Crippen LogP contribution in [0.5, 0.6) is 0 Å². The van der Waals surface area contributed by atoms with Crippen LogP contribution in [0, 0.1) is 18.3 Å². The fraction of sp³-hybridized carbons (Fsp3) is 0.200. The van der Waals surface area contributed by atoms with E-state index < -0.39 is 10.0 Å². The summed E-state index contributed by atoms with van der Waals surface area (Å²) in [5.74, 6) is 0. The Hall–Kier alpha value is -3.83. The topological polar surface area (TPSA) is 93.5 Å². The van der Waals surface area contributed by atoms with Crippen molar-refractivity contribution in [3.8, 4) is 6.07 Å². The van der Waals surface area contributed by atoms with E-state index >= 15 is 0 Å². The number of amides is 2. The number of nitriles is 1. The zero-order chi connectivity index (χ0) is 23.4. The molecule has 0 radical (unpaired) electrons. The molecule has 4 rings (SSSR count). The third-order valence-electron chi connectivity index (χ3n) is 5.55. The average Bonchev–Trinajstić information content (AvgIpc) is 2.81. The molecule has 0 spiro atoms. The van der Waals surface area contributed by atoms with Gasteiger partial charge in [0.15, 0.2) is 0 Å². The number of anilines is 2. The number of nitrogens with zero attached hydrogens (tertiary/aromatic N) is 3. The third kappa shape index (κ3) is 4.99. The SMILES string of the molecule is Cc1ccc(S(=O)(=O)Nc2cccc(N3CCCN(Cc4ccccc4C#N)C3=O)c2)cc1. The largest absolute Gasteiger partial charge is 0.324 e. The Labute approximate surface area is 193 Å². The molecule has 8 heteroatoms. The molecule has 1 aliphatic heterocycles. The molecule has 168 valence electrons. The van der Waals surface area contributed by atoms with E-state index in [0.29, 0.717) is 36.6 Å². The minimum Gasteiger partial charge on any atom is -0.320 e. The molecule has 0 saturated carbocycles. The molecular weight excluding hydrogens is 436 g/mol. The van der Waals surface area contributed by atoms with Crippen LogP contribution in [0.1, 0.15) is 23.1 Å². The van der Waals surface area contributed by atoms with Crippen molar-refractivity contribution in [2.45, 2.75) is 24.8 Å². The highest BCUT2D eigenvalue weighted by molar-refractivity contribution is 7.92. The number of hydrogen-bond acceptors (Lipinski definition) is 4. The summed E-state index contributed by atoms with van der Waals surface area (Å²) >= 11 is 0. The van der Waals surface area contributed by atoms with E-state index in [1.807, 2.05) is 19.1 Å². The lowest BCUT2D eigenvalue weighted by atomic mass is 10.1. The number of benzene rings is 3. The van der Waals surface area contributed by atoms with Crippen molar-refractivity contribution in [3.05, 3.63) is 89.5 Å². The molecule has 2 amide bonds. The van der Waals surface area contributed by atoms with Gasteiger partial charge in [0.1, 0.15) is 0 Å². The van der Waals surface area contributed by atoms with Gasteiger partial charge in [-0.1, -0.05) is 42.0 Å². The Morgan fingerprint density at radius 1 is 1.00 bits per heavy atom. The van der Waals surface area contributed by atoms with Crippen LogP contribution < -0.4 is 9.62 Å². The quantitative estimate of drug-likeness (QED) is 0.586. The Morgan fingerprint density at radius 3 is 2.52 bits per heavy atom. The predicted octanol–water partition coefficient (Wildman–Crippen LogP) is 4.50. The second-order valence-corrected chi connectivity index (χ2v) is 9.63. The first-order chi connectivity index (χ1) is 15.9. The fourth-order valence-electron chi connectivity index (χ4n) is 3.81. The van der Waals surface area contributed by atoms with Crippen molar-refractivity contribution >= 4 is 27.4 Å². The zero-order valence-electron chi connectivity index (χ0n) is 18.2. The Bertz CT molecular complexity index is 1310. The predicted molar refractivity (Wildman–Crippen MR) is 127 cm³/mol. The Morgan fingerprint density at radius 2 is 1.76 bits per heavy atom. The van der Waals surface area contributed by atoms with Crippen LogP contribution in [-0.2, 0) is 16.6 Å². The van der Waals surface area contributed by atoms with Gasteiger partial charge in [0.05, 0.1) is 22.2 Å².